The van der Waals surface area contributed by atoms with Gasteiger partial charge < -0.3 is 20.0 Å². The molecule has 0 bridgehead atoms. The number of nitrogens with one attached hydrogen (secondary N) is 1. The van der Waals surface area contributed by atoms with Crippen molar-refractivity contribution in [1.29, 1.82) is 0 Å². The number of rotatable bonds is 5. The quantitative estimate of drug-likeness (QED) is 0.556. The van der Waals surface area contributed by atoms with E-state index in [1.807, 2.05) is 0 Å². The van der Waals surface area contributed by atoms with Gasteiger partial charge in [0.2, 0.25) is 6.61 Å². The van der Waals surface area contributed by atoms with Gasteiger partial charge in [-0.1, -0.05) is 5.16 Å². The summed E-state index contributed by atoms with van der Waals surface area (Å²) >= 11 is 0. The number of amides is 1. The zero-order chi connectivity index (χ0) is 13.5. The maximum Gasteiger partial charge on any atom is 0.408 e. The Balaban J connectivity index is 3.89. The molecule has 0 heterocycles. The molecule has 0 aromatic carbocycles. The monoisotopic (exact) mass is 246 g/mol. The summed E-state index contributed by atoms with van der Waals surface area (Å²) in [5, 5.41) is 14.1. The summed E-state index contributed by atoms with van der Waals surface area (Å²) < 4.78 is 5.01. The van der Waals surface area contributed by atoms with Crippen LogP contribution in [0.2, 0.25) is 0 Å². The molecule has 0 aliphatic carbocycles. The van der Waals surface area contributed by atoms with Crippen molar-refractivity contribution in [1.82, 2.24) is 5.32 Å². The molecule has 98 valence electrons. The average Bonchev–Trinajstić information content (AvgIpc) is 2.08. The fourth-order valence-corrected chi connectivity index (χ4v) is 0.758. The molecule has 0 rings (SSSR count). The maximum atomic E-state index is 11.3. The summed E-state index contributed by atoms with van der Waals surface area (Å²) in [4.78, 5) is 25.8. The normalized spacial score (nSPS) is 13.2. The highest BCUT2D eigenvalue weighted by molar-refractivity contribution is 5.74. The van der Waals surface area contributed by atoms with Gasteiger partial charge in [0.15, 0.2) is 0 Å². The van der Waals surface area contributed by atoms with Gasteiger partial charge in [-0.15, -0.1) is 0 Å². The number of carbonyl (C=O) groups is 2. The van der Waals surface area contributed by atoms with Crippen LogP contribution in [0.3, 0.4) is 0 Å². The van der Waals surface area contributed by atoms with Crippen molar-refractivity contribution in [2.24, 2.45) is 5.16 Å². The molecule has 17 heavy (non-hydrogen) atoms. The van der Waals surface area contributed by atoms with Gasteiger partial charge in [-0.25, -0.2) is 9.59 Å². The maximum absolute atomic E-state index is 11.3. The first-order valence-corrected chi connectivity index (χ1v) is 5.07. The minimum Gasteiger partial charge on any atom is -0.479 e. The number of ether oxygens (including phenoxy) is 1. The summed E-state index contributed by atoms with van der Waals surface area (Å²) in [5.41, 5.74) is -0.569. The van der Waals surface area contributed by atoms with Crippen LogP contribution in [0.15, 0.2) is 5.16 Å². The predicted octanol–water partition coefficient (Wildman–Crippen LogP) is 0.987. The summed E-state index contributed by atoms with van der Waals surface area (Å²) in [7, 11) is 0. The van der Waals surface area contributed by atoms with Crippen molar-refractivity contribution >= 4 is 18.3 Å². The van der Waals surface area contributed by atoms with Crippen molar-refractivity contribution in [2.75, 3.05) is 6.61 Å². The van der Waals surface area contributed by atoms with E-state index in [-0.39, 0.29) is 0 Å². The van der Waals surface area contributed by atoms with Crippen molar-refractivity contribution in [2.45, 2.75) is 39.3 Å². The lowest BCUT2D eigenvalue weighted by Gasteiger charge is -2.20. The Kier molecular flexibility index (Phi) is 6.01. The molecule has 0 saturated heterocycles. The summed E-state index contributed by atoms with van der Waals surface area (Å²) in [6.45, 7) is 6.39. The van der Waals surface area contributed by atoms with Crippen LogP contribution in [0.5, 0.6) is 0 Å². The third kappa shape index (κ3) is 10.5. The number of aliphatic carboxylic acids is 1. The van der Waals surface area contributed by atoms with Gasteiger partial charge in [0.05, 0.1) is 12.3 Å². The fourth-order valence-electron chi connectivity index (χ4n) is 0.758. The molecule has 0 radical (unpaired) electrons. The second-order valence-corrected chi connectivity index (χ2v) is 4.36. The fraction of sp³-hybridized carbons (Fsp3) is 0.700. The number of hydrogen-bond donors (Lipinski definition) is 2. The van der Waals surface area contributed by atoms with E-state index in [1.54, 1.807) is 27.7 Å². The Bertz CT molecular complexity index is 296. The molecule has 0 aliphatic heterocycles. The Morgan fingerprint density at radius 1 is 1.47 bits per heavy atom. The van der Waals surface area contributed by atoms with E-state index in [0.717, 1.165) is 0 Å². The highest BCUT2D eigenvalue weighted by atomic mass is 16.6. The Labute approximate surface area is 99.8 Å². The highest BCUT2D eigenvalue weighted by Gasteiger charge is 2.16. The van der Waals surface area contributed by atoms with Crippen molar-refractivity contribution in [3.05, 3.63) is 0 Å². The second-order valence-electron chi connectivity index (χ2n) is 4.36. The van der Waals surface area contributed by atoms with E-state index in [0.29, 0.717) is 0 Å². The van der Waals surface area contributed by atoms with Crippen LogP contribution < -0.4 is 5.32 Å². The van der Waals surface area contributed by atoms with Crippen LogP contribution >= 0.6 is 0 Å². The molecule has 7 nitrogen and oxygen atoms in total. The van der Waals surface area contributed by atoms with Gasteiger partial charge in [0.25, 0.3) is 0 Å². The van der Waals surface area contributed by atoms with E-state index in [4.69, 9.17) is 9.84 Å². The average molecular weight is 246 g/mol. The minimum atomic E-state index is -1.12. The Hall–Kier alpha value is -1.79. The lowest BCUT2D eigenvalue weighted by atomic mass is 10.2. The molecule has 0 aromatic heterocycles. The van der Waals surface area contributed by atoms with E-state index >= 15 is 0 Å². The number of hydrogen-bond acceptors (Lipinski definition) is 5. The van der Waals surface area contributed by atoms with Crippen LogP contribution in [0.1, 0.15) is 27.7 Å². The lowest BCUT2D eigenvalue weighted by Crippen LogP contribution is -2.38. The second kappa shape index (κ2) is 6.72. The number of carboxylic acids is 1. The van der Waals surface area contributed by atoms with Crippen LogP contribution in [0.25, 0.3) is 0 Å². The molecule has 0 aromatic rings. The first-order chi connectivity index (χ1) is 7.70. The molecule has 1 amide bonds. The third-order valence-electron chi connectivity index (χ3n) is 1.29. The molecule has 0 unspecified atom stereocenters. The number of oxime groups is 1. The molecule has 7 heteroatoms. The largest absolute Gasteiger partial charge is 0.479 e. The number of carboxylic acid groups (broad SMARTS) is 1. The van der Waals surface area contributed by atoms with E-state index < -0.39 is 30.3 Å². The smallest absolute Gasteiger partial charge is 0.408 e. The first kappa shape index (κ1) is 15.2. The summed E-state index contributed by atoms with van der Waals surface area (Å²) in [6.07, 6.45) is 0.696. The standard InChI is InChI=1S/C10H18N2O5/c1-7(5-11-16-6-8(13)14)12-9(15)17-10(2,3)4/h5,7H,6H2,1-4H3,(H,12,15)(H,13,14)/b11-5+/t7-/m0/s1. The highest BCUT2D eigenvalue weighted by Crippen LogP contribution is 2.06. The van der Waals surface area contributed by atoms with Gasteiger partial charge in [-0.05, 0) is 27.7 Å². The van der Waals surface area contributed by atoms with E-state index in [1.165, 1.54) is 6.21 Å². The van der Waals surface area contributed by atoms with Crippen molar-refractivity contribution < 1.29 is 24.3 Å². The number of nitrogens with zero attached hydrogens (tertiary/aromatic N) is 1. The molecule has 1 atom stereocenters. The van der Waals surface area contributed by atoms with Gasteiger partial charge in [-0.3, -0.25) is 0 Å². The predicted molar refractivity (Wildman–Crippen MR) is 60.9 cm³/mol. The van der Waals surface area contributed by atoms with E-state index in [9.17, 15) is 9.59 Å². The van der Waals surface area contributed by atoms with Crippen molar-refractivity contribution in [3.63, 3.8) is 0 Å². The summed E-state index contributed by atoms with van der Waals surface area (Å²) in [6, 6.07) is -0.418. The third-order valence-corrected chi connectivity index (χ3v) is 1.29. The molecule has 2 N–H and O–H groups in total. The Morgan fingerprint density at radius 3 is 2.53 bits per heavy atom. The van der Waals surface area contributed by atoms with Gasteiger partial charge in [0, 0.05) is 0 Å². The van der Waals surface area contributed by atoms with Gasteiger partial charge in [-0.2, -0.15) is 0 Å². The van der Waals surface area contributed by atoms with Gasteiger partial charge in [0.1, 0.15) is 5.60 Å². The number of alkyl carbamates (subject to hydrolysis) is 1. The minimum absolute atomic E-state index is 0.418. The first-order valence-electron chi connectivity index (χ1n) is 5.07. The molecular formula is C10H18N2O5. The van der Waals surface area contributed by atoms with E-state index in [2.05, 4.69) is 15.3 Å². The molecule has 0 saturated carbocycles. The Morgan fingerprint density at radius 2 is 2.06 bits per heavy atom. The zero-order valence-electron chi connectivity index (χ0n) is 10.4. The van der Waals surface area contributed by atoms with Crippen molar-refractivity contribution in [3.8, 4) is 0 Å². The molecule has 0 aliphatic rings. The lowest BCUT2D eigenvalue weighted by molar-refractivity contribution is -0.142. The zero-order valence-corrected chi connectivity index (χ0v) is 10.4. The van der Waals surface area contributed by atoms with Crippen LogP contribution in [-0.2, 0) is 14.4 Å². The molecule has 0 spiro atoms. The summed E-state index contributed by atoms with van der Waals surface area (Å²) in [5.74, 6) is -1.12. The SMILES string of the molecule is C[C@@H](/C=N/OCC(=O)O)NC(=O)OC(C)(C)C. The molecule has 0 fully saturated rings. The topological polar surface area (TPSA) is 97.2 Å². The van der Waals surface area contributed by atoms with Gasteiger partial charge >= 0.3 is 12.1 Å². The van der Waals surface area contributed by atoms with Crippen LogP contribution in [0.4, 0.5) is 4.79 Å². The van der Waals surface area contributed by atoms with Crippen LogP contribution in [-0.4, -0.2) is 41.6 Å². The van der Waals surface area contributed by atoms with Crippen LogP contribution in [0, 0.1) is 0 Å². The number of carbonyl (C=O) groups excluding carboxylic acids is 1. The molecular weight excluding hydrogens is 228 g/mol.